The van der Waals surface area contributed by atoms with Gasteiger partial charge in [-0.3, -0.25) is 4.72 Å². The summed E-state index contributed by atoms with van der Waals surface area (Å²) in [4.78, 5) is 0.0815. The molecule has 0 bridgehead atoms. The zero-order valence-electron chi connectivity index (χ0n) is 9.50. The molecular formula is C12H13N3O2S. The minimum atomic E-state index is -3.64. The van der Waals surface area contributed by atoms with Crippen molar-refractivity contribution < 1.29 is 8.42 Å². The average molecular weight is 263 g/mol. The molecule has 5 N–H and O–H groups in total. The molecule has 0 aromatic heterocycles. The summed E-state index contributed by atoms with van der Waals surface area (Å²) in [5, 5.41) is 0. The van der Waals surface area contributed by atoms with E-state index < -0.39 is 10.0 Å². The summed E-state index contributed by atoms with van der Waals surface area (Å²) in [6, 6.07) is 12.8. The maximum atomic E-state index is 12.1. The first-order valence-corrected chi connectivity index (χ1v) is 6.70. The highest BCUT2D eigenvalue weighted by Gasteiger charge is 2.14. The number of nitrogens with two attached hydrogens (primary N) is 2. The van der Waals surface area contributed by atoms with Crippen LogP contribution in [0, 0.1) is 0 Å². The number of hydrogen-bond acceptors (Lipinski definition) is 4. The predicted molar refractivity (Wildman–Crippen MR) is 72.5 cm³/mol. The van der Waals surface area contributed by atoms with Gasteiger partial charge in [0.2, 0.25) is 0 Å². The van der Waals surface area contributed by atoms with Gasteiger partial charge in [0.15, 0.2) is 0 Å². The third kappa shape index (κ3) is 2.54. The molecule has 0 aliphatic rings. The van der Waals surface area contributed by atoms with Crippen LogP contribution < -0.4 is 16.2 Å². The summed E-state index contributed by atoms with van der Waals surface area (Å²) in [7, 11) is -3.64. The number of rotatable bonds is 3. The minimum absolute atomic E-state index is 0.0815. The SMILES string of the molecule is Nc1ccc(S(=O)(=O)Nc2ccccc2)cc1N. The van der Waals surface area contributed by atoms with Crippen LogP contribution in [0.3, 0.4) is 0 Å². The van der Waals surface area contributed by atoms with Crippen LogP contribution in [0.2, 0.25) is 0 Å². The molecule has 18 heavy (non-hydrogen) atoms. The molecule has 94 valence electrons. The van der Waals surface area contributed by atoms with Gasteiger partial charge in [0.05, 0.1) is 16.3 Å². The smallest absolute Gasteiger partial charge is 0.261 e. The van der Waals surface area contributed by atoms with Crippen LogP contribution in [-0.4, -0.2) is 8.42 Å². The van der Waals surface area contributed by atoms with Crippen LogP contribution >= 0.6 is 0 Å². The van der Waals surface area contributed by atoms with Crippen LogP contribution in [0.4, 0.5) is 17.1 Å². The Labute approximate surface area is 105 Å². The monoisotopic (exact) mass is 263 g/mol. The fraction of sp³-hybridized carbons (Fsp3) is 0. The van der Waals surface area contributed by atoms with E-state index in [1.807, 2.05) is 0 Å². The standard InChI is InChI=1S/C12H13N3O2S/c13-11-7-6-10(8-12(11)14)18(16,17)15-9-4-2-1-3-5-9/h1-8,15H,13-14H2. The number of anilines is 3. The first-order valence-electron chi connectivity index (χ1n) is 5.22. The molecule has 0 saturated heterocycles. The Balaban J connectivity index is 2.34. The number of nitrogens with one attached hydrogen (secondary N) is 1. The first-order chi connectivity index (χ1) is 8.49. The number of para-hydroxylation sites is 1. The van der Waals surface area contributed by atoms with E-state index in [0.29, 0.717) is 11.4 Å². The zero-order valence-corrected chi connectivity index (χ0v) is 10.3. The molecule has 2 aromatic rings. The average Bonchev–Trinajstić information content (AvgIpc) is 2.33. The van der Waals surface area contributed by atoms with E-state index in [0.717, 1.165) is 0 Å². The molecule has 0 aliphatic carbocycles. The van der Waals surface area contributed by atoms with Crippen molar-refractivity contribution >= 4 is 27.1 Å². The van der Waals surface area contributed by atoms with Gasteiger partial charge in [0, 0.05) is 5.69 Å². The van der Waals surface area contributed by atoms with Crippen molar-refractivity contribution in [3.05, 3.63) is 48.5 Å². The Bertz CT molecular complexity index is 654. The number of hydrogen-bond donors (Lipinski definition) is 3. The Kier molecular flexibility index (Phi) is 3.12. The molecule has 0 unspecified atom stereocenters. The molecule has 0 atom stereocenters. The second kappa shape index (κ2) is 4.58. The lowest BCUT2D eigenvalue weighted by atomic mass is 10.3. The number of benzene rings is 2. The molecule has 0 heterocycles. The lowest BCUT2D eigenvalue weighted by Crippen LogP contribution is -2.13. The molecule has 0 aliphatic heterocycles. The van der Waals surface area contributed by atoms with Gasteiger partial charge in [0.25, 0.3) is 10.0 Å². The lowest BCUT2D eigenvalue weighted by molar-refractivity contribution is 0.601. The van der Waals surface area contributed by atoms with Crippen LogP contribution in [0.5, 0.6) is 0 Å². The highest BCUT2D eigenvalue weighted by atomic mass is 32.2. The first kappa shape index (κ1) is 12.3. The van der Waals surface area contributed by atoms with E-state index in [1.54, 1.807) is 30.3 Å². The maximum absolute atomic E-state index is 12.1. The van der Waals surface area contributed by atoms with Crippen molar-refractivity contribution in [2.75, 3.05) is 16.2 Å². The molecule has 0 fully saturated rings. The fourth-order valence-electron chi connectivity index (χ4n) is 1.44. The number of nitrogen functional groups attached to an aromatic ring is 2. The molecule has 5 nitrogen and oxygen atoms in total. The Morgan fingerprint density at radius 1 is 0.889 bits per heavy atom. The topological polar surface area (TPSA) is 98.2 Å². The zero-order chi connectivity index (χ0) is 13.2. The van der Waals surface area contributed by atoms with E-state index in [1.165, 1.54) is 18.2 Å². The van der Waals surface area contributed by atoms with Crippen molar-refractivity contribution in [3.63, 3.8) is 0 Å². The van der Waals surface area contributed by atoms with E-state index in [9.17, 15) is 8.42 Å². The Morgan fingerprint density at radius 2 is 1.56 bits per heavy atom. The van der Waals surface area contributed by atoms with Crippen LogP contribution in [-0.2, 0) is 10.0 Å². The van der Waals surface area contributed by atoms with Gasteiger partial charge in [-0.05, 0) is 30.3 Å². The van der Waals surface area contributed by atoms with Crippen molar-refractivity contribution in [1.29, 1.82) is 0 Å². The minimum Gasteiger partial charge on any atom is -0.397 e. The molecule has 0 spiro atoms. The highest BCUT2D eigenvalue weighted by Crippen LogP contribution is 2.21. The van der Waals surface area contributed by atoms with E-state index in [2.05, 4.69) is 4.72 Å². The highest BCUT2D eigenvalue weighted by molar-refractivity contribution is 7.92. The van der Waals surface area contributed by atoms with Crippen LogP contribution in [0.25, 0.3) is 0 Å². The van der Waals surface area contributed by atoms with Gasteiger partial charge in [-0.2, -0.15) is 0 Å². The summed E-state index contributed by atoms with van der Waals surface area (Å²) < 4.78 is 26.6. The fourth-order valence-corrected chi connectivity index (χ4v) is 2.53. The molecule has 2 aromatic carbocycles. The van der Waals surface area contributed by atoms with Crippen molar-refractivity contribution in [2.24, 2.45) is 0 Å². The normalized spacial score (nSPS) is 11.1. The maximum Gasteiger partial charge on any atom is 0.261 e. The summed E-state index contributed by atoms with van der Waals surface area (Å²) in [5.41, 5.74) is 12.2. The molecule has 0 saturated carbocycles. The third-order valence-corrected chi connectivity index (χ3v) is 3.77. The molecule has 0 radical (unpaired) electrons. The van der Waals surface area contributed by atoms with Gasteiger partial charge in [-0.15, -0.1) is 0 Å². The second-order valence-electron chi connectivity index (χ2n) is 3.76. The van der Waals surface area contributed by atoms with Gasteiger partial charge >= 0.3 is 0 Å². The largest absolute Gasteiger partial charge is 0.397 e. The predicted octanol–water partition coefficient (Wildman–Crippen LogP) is 1.65. The summed E-state index contributed by atoms with van der Waals surface area (Å²) in [6.45, 7) is 0. The Hall–Kier alpha value is -2.21. The third-order valence-electron chi connectivity index (χ3n) is 2.39. The molecule has 2 rings (SSSR count). The summed E-state index contributed by atoms with van der Waals surface area (Å²) in [6.07, 6.45) is 0. The second-order valence-corrected chi connectivity index (χ2v) is 5.44. The van der Waals surface area contributed by atoms with Crippen molar-refractivity contribution in [2.45, 2.75) is 4.90 Å². The molecule has 0 amide bonds. The van der Waals surface area contributed by atoms with E-state index in [4.69, 9.17) is 11.5 Å². The quantitative estimate of drug-likeness (QED) is 0.733. The summed E-state index contributed by atoms with van der Waals surface area (Å²) in [5.74, 6) is 0. The van der Waals surface area contributed by atoms with Crippen molar-refractivity contribution in [3.8, 4) is 0 Å². The van der Waals surface area contributed by atoms with Gasteiger partial charge < -0.3 is 11.5 Å². The summed E-state index contributed by atoms with van der Waals surface area (Å²) >= 11 is 0. The lowest BCUT2D eigenvalue weighted by Gasteiger charge is -2.09. The van der Waals surface area contributed by atoms with Crippen LogP contribution in [0.15, 0.2) is 53.4 Å². The van der Waals surface area contributed by atoms with Crippen molar-refractivity contribution in [1.82, 2.24) is 0 Å². The van der Waals surface area contributed by atoms with E-state index >= 15 is 0 Å². The van der Waals surface area contributed by atoms with Crippen LogP contribution in [0.1, 0.15) is 0 Å². The van der Waals surface area contributed by atoms with Gasteiger partial charge in [-0.25, -0.2) is 8.42 Å². The number of sulfonamides is 1. The molecular weight excluding hydrogens is 250 g/mol. The Morgan fingerprint density at radius 3 is 2.17 bits per heavy atom. The van der Waals surface area contributed by atoms with Gasteiger partial charge in [0.1, 0.15) is 0 Å². The van der Waals surface area contributed by atoms with E-state index in [-0.39, 0.29) is 10.6 Å². The van der Waals surface area contributed by atoms with Gasteiger partial charge in [-0.1, -0.05) is 18.2 Å². The molecule has 6 heteroatoms.